The molecule has 2 aromatic carbocycles. The van der Waals surface area contributed by atoms with E-state index in [9.17, 15) is 9.90 Å². The van der Waals surface area contributed by atoms with Crippen molar-refractivity contribution in [1.29, 1.82) is 0 Å². The van der Waals surface area contributed by atoms with Crippen molar-refractivity contribution in [2.45, 2.75) is 5.92 Å². The van der Waals surface area contributed by atoms with Gasteiger partial charge in [-0.2, -0.15) is 0 Å². The van der Waals surface area contributed by atoms with Crippen LogP contribution in [0.25, 0.3) is 0 Å². The van der Waals surface area contributed by atoms with Gasteiger partial charge in [-0.25, -0.2) is 0 Å². The number of hydrogen-bond donors (Lipinski definition) is 2. The summed E-state index contributed by atoms with van der Waals surface area (Å²) in [6.07, 6.45) is 0. The first-order valence-corrected chi connectivity index (χ1v) is 5.93. The van der Waals surface area contributed by atoms with Crippen LogP contribution in [-0.2, 0) is 4.79 Å². The summed E-state index contributed by atoms with van der Waals surface area (Å²) in [5.41, 5.74) is 2.43. The third kappa shape index (κ3) is 1.64. The number of carbonyl (C=O) groups excluding carboxylic acids is 1. The molecule has 1 heterocycles. The number of fused-ring (bicyclic) bond motifs is 1. The quantitative estimate of drug-likeness (QED) is 0.827. The van der Waals surface area contributed by atoms with E-state index in [1.807, 2.05) is 24.3 Å². The highest BCUT2D eigenvalue weighted by atomic mass is 35.5. The Kier molecular flexibility index (Phi) is 2.49. The molecular formula is C14H10ClNO2. The van der Waals surface area contributed by atoms with Gasteiger partial charge in [-0.15, -0.1) is 0 Å². The minimum Gasteiger partial charge on any atom is -0.508 e. The number of aromatic hydroxyl groups is 1. The van der Waals surface area contributed by atoms with E-state index in [0.29, 0.717) is 10.6 Å². The van der Waals surface area contributed by atoms with Gasteiger partial charge >= 0.3 is 0 Å². The molecule has 0 radical (unpaired) electrons. The van der Waals surface area contributed by atoms with Crippen LogP contribution < -0.4 is 5.32 Å². The van der Waals surface area contributed by atoms with Gasteiger partial charge in [0.15, 0.2) is 0 Å². The van der Waals surface area contributed by atoms with Crippen LogP contribution in [0.2, 0.25) is 5.02 Å². The van der Waals surface area contributed by atoms with Gasteiger partial charge in [0, 0.05) is 10.7 Å². The molecule has 0 bridgehead atoms. The van der Waals surface area contributed by atoms with E-state index in [-0.39, 0.29) is 11.7 Å². The molecule has 2 aromatic rings. The molecule has 0 spiro atoms. The number of benzene rings is 2. The lowest BCUT2D eigenvalue weighted by atomic mass is 9.92. The maximum Gasteiger partial charge on any atom is 0.236 e. The van der Waals surface area contributed by atoms with E-state index < -0.39 is 5.92 Å². The van der Waals surface area contributed by atoms with Crippen LogP contribution in [0.5, 0.6) is 5.75 Å². The summed E-state index contributed by atoms with van der Waals surface area (Å²) in [7, 11) is 0. The lowest BCUT2D eigenvalue weighted by molar-refractivity contribution is -0.116. The summed E-state index contributed by atoms with van der Waals surface area (Å²) in [6, 6.07) is 12.2. The molecule has 3 rings (SSSR count). The van der Waals surface area contributed by atoms with Crippen LogP contribution in [0.1, 0.15) is 17.0 Å². The average Bonchev–Trinajstić information content (AvgIpc) is 2.66. The Balaban J connectivity index is 2.15. The molecule has 1 unspecified atom stereocenters. The number of halogens is 1. The Morgan fingerprint density at radius 3 is 2.67 bits per heavy atom. The zero-order valence-electron chi connectivity index (χ0n) is 9.35. The highest BCUT2D eigenvalue weighted by molar-refractivity contribution is 6.32. The maximum atomic E-state index is 12.0. The van der Waals surface area contributed by atoms with Crippen LogP contribution in [-0.4, -0.2) is 11.0 Å². The number of nitrogens with one attached hydrogen (secondary N) is 1. The molecule has 0 saturated heterocycles. The summed E-state index contributed by atoms with van der Waals surface area (Å²) in [4.78, 5) is 12.0. The molecule has 1 aliphatic rings. The summed E-state index contributed by atoms with van der Waals surface area (Å²) in [6.45, 7) is 0. The van der Waals surface area contributed by atoms with Crippen molar-refractivity contribution in [2.24, 2.45) is 0 Å². The van der Waals surface area contributed by atoms with Crippen molar-refractivity contribution >= 4 is 23.2 Å². The van der Waals surface area contributed by atoms with Gasteiger partial charge in [0.05, 0.1) is 5.92 Å². The molecule has 1 aliphatic heterocycles. The first-order chi connectivity index (χ1) is 8.66. The monoisotopic (exact) mass is 259 g/mol. The van der Waals surface area contributed by atoms with Crippen LogP contribution in [0.15, 0.2) is 42.5 Å². The van der Waals surface area contributed by atoms with Crippen molar-refractivity contribution in [3.8, 4) is 5.75 Å². The fourth-order valence-corrected chi connectivity index (χ4v) is 2.55. The molecule has 90 valence electrons. The molecule has 0 aliphatic carbocycles. The van der Waals surface area contributed by atoms with E-state index in [0.717, 1.165) is 11.3 Å². The normalized spacial score (nSPS) is 17.4. The van der Waals surface area contributed by atoms with Gasteiger partial charge in [-0.3, -0.25) is 4.79 Å². The summed E-state index contributed by atoms with van der Waals surface area (Å²) < 4.78 is 0. The van der Waals surface area contributed by atoms with Crippen LogP contribution in [0, 0.1) is 0 Å². The predicted molar refractivity (Wildman–Crippen MR) is 70.0 cm³/mol. The van der Waals surface area contributed by atoms with Crippen molar-refractivity contribution in [2.75, 3.05) is 5.32 Å². The van der Waals surface area contributed by atoms with Crippen LogP contribution in [0.3, 0.4) is 0 Å². The highest BCUT2D eigenvalue weighted by Crippen LogP contribution is 2.40. The molecule has 4 heteroatoms. The number of rotatable bonds is 1. The topological polar surface area (TPSA) is 49.3 Å². The van der Waals surface area contributed by atoms with Gasteiger partial charge in [0.25, 0.3) is 0 Å². The molecule has 0 aromatic heterocycles. The Bertz CT molecular complexity index is 639. The standard InChI is InChI=1S/C14H10ClNO2/c15-11-7-8(17)5-6-9(11)13-10-3-1-2-4-12(10)16-14(13)18/h1-7,13,17H,(H,16,18). The van der Waals surface area contributed by atoms with E-state index in [1.54, 1.807) is 6.07 Å². The fourth-order valence-electron chi connectivity index (χ4n) is 2.27. The number of para-hydroxylation sites is 1. The SMILES string of the molecule is O=C1Nc2ccccc2C1c1ccc(O)cc1Cl. The number of hydrogen-bond acceptors (Lipinski definition) is 2. The van der Waals surface area contributed by atoms with Crippen molar-refractivity contribution in [3.63, 3.8) is 0 Å². The van der Waals surface area contributed by atoms with E-state index >= 15 is 0 Å². The Morgan fingerprint density at radius 2 is 1.89 bits per heavy atom. The zero-order valence-corrected chi connectivity index (χ0v) is 10.1. The van der Waals surface area contributed by atoms with E-state index in [1.165, 1.54) is 12.1 Å². The second-order valence-corrected chi connectivity index (χ2v) is 4.62. The van der Waals surface area contributed by atoms with Gasteiger partial charge in [0.1, 0.15) is 5.75 Å². The molecule has 1 atom stereocenters. The first kappa shape index (κ1) is 11.1. The fraction of sp³-hybridized carbons (Fsp3) is 0.0714. The maximum absolute atomic E-state index is 12.0. The first-order valence-electron chi connectivity index (χ1n) is 5.55. The number of anilines is 1. The van der Waals surface area contributed by atoms with Gasteiger partial charge in [-0.05, 0) is 29.3 Å². The van der Waals surface area contributed by atoms with Crippen LogP contribution >= 0.6 is 11.6 Å². The van der Waals surface area contributed by atoms with E-state index in [4.69, 9.17) is 11.6 Å². The predicted octanol–water partition coefficient (Wildman–Crippen LogP) is 3.13. The summed E-state index contributed by atoms with van der Waals surface area (Å²) in [5, 5.41) is 12.6. The minimum absolute atomic E-state index is 0.0930. The second kappa shape index (κ2) is 4.03. The minimum atomic E-state index is -0.408. The van der Waals surface area contributed by atoms with Crippen molar-refractivity contribution < 1.29 is 9.90 Å². The second-order valence-electron chi connectivity index (χ2n) is 4.22. The molecule has 18 heavy (non-hydrogen) atoms. The number of carbonyl (C=O) groups is 1. The smallest absolute Gasteiger partial charge is 0.236 e. The Hall–Kier alpha value is -2.00. The lowest BCUT2D eigenvalue weighted by Gasteiger charge is -2.11. The summed E-state index contributed by atoms with van der Waals surface area (Å²) >= 11 is 6.10. The molecule has 0 saturated carbocycles. The number of amides is 1. The Morgan fingerprint density at radius 1 is 1.11 bits per heavy atom. The number of phenols is 1. The van der Waals surface area contributed by atoms with Crippen LogP contribution in [0.4, 0.5) is 5.69 Å². The van der Waals surface area contributed by atoms with Gasteiger partial charge < -0.3 is 10.4 Å². The lowest BCUT2D eigenvalue weighted by Crippen LogP contribution is -2.13. The molecule has 3 nitrogen and oxygen atoms in total. The molecule has 1 amide bonds. The third-order valence-corrected chi connectivity index (χ3v) is 3.41. The van der Waals surface area contributed by atoms with E-state index in [2.05, 4.69) is 5.32 Å². The Labute approximate surface area is 109 Å². The van der Waals surface area contributed by atoms with Gasteiger partial charge in [-0.1, -0.05) is 35.9 Å². The summed E-state index contributed by atoms with van der Waals surface area (Å²) in [5.74, 6) is -0.409. The largest absolute Gasteiger partial charge is 0.508 e. The molecule has 2 N–H and O–H groups in total. The van der Waals surface area contributed by atoms with Gasteiger partial charge in [0.2, 0.25) is 5.91 Å². The van der Waals surface area contributed by atoms with Crippen molar-refractivity contribution in [1.82, 2.24) is 0 Å². The average molecular weight is 260 g/mol. The third-order valence-electron chi connectivity index (χ3n) is 3.09. The molecular weight excluding hydrogens is 250 g/mol. The van der Waals surface area contributed by atoms with Crippen molar-refractivity contribution in [3.05, 3.63) is 58.6 Å². The zero-order chi connectivity index (χ0) is 12.7. The molecule has 0 fully saturated rings. The number of phenolic OH excluding ortho intramolecular Hbond substituents is 1. The highest BCUT2D eigenvalue weighted by Gasteiger charge is 2.32.